The van der Waals surface area contributed by atoms with Gasteiger partial charge in [-0.2, -0.15) is 0 Å². The summed E-state index contributed by atoms with van der Waals surface area (Å²) < 4.78 is 12.7. The zero-order valence-electron chi connectivity index (χ0n) is 19.2. The number of nitrogens with one attached hydrogen (secondary N) is 1. The lowest BCUT2D eigenvalue weighted by molar-refractivity contribution is -0.153. The number of hydrogen-bond donors (Lipinski definition) is 2. The number of carbonyl (C=O) groups is 2. The van der Waals surface area contributed by atoms with Crippen LogP contribution in [0.1, 0.15) is 35.6 Å². The Bertz CT molecular complexity index is 1110. The van der Waals surface area contributed by atoms with Gasteiger partial charge < -0.3 is 24.5 Å². The van der Waals surface area contributed by atoms with Crippen molar-refractivity contribution in [1.29, 1.82) is 0 Å². The van der Waals surface area contributed by atoms with E-state index < -0.39 is 12.1 Å². The van der Waals surface area contributed by atoms with E-state index in [1.165, 1.54) is 0 Å². The van der Waals surface area contributed by atoms with Crippen LogP contribution in [0.25, 0.3) is 11.3 Å². The van der Waals surface area contributed by atoms with Gasteiger partial charge in [0.2, 0.25) is 0 Å². The van der Waals surface area contributed by atoms with Crippen LogP contribution < -0.4 is 10.1 Å². The molecular weight excluding hydrogens is 422 g/mol. The second-order valence-corrected chi connectivity index (χ2v) is 7.94. The highest BCUT2D eigenvalue weighted by Crippen LogP contribution is 2.22. The van der Waals surface area contributed by atoms with Crippen molar-refractivity contribution < 1.29 is 24.2 Å². The summed E-state index contributed by atoms with van der Waals surface area (Å²) in [7, 11) is 3.35. The molecule has 0 saturated heterocycles. The molecule has 3 aromatic rings. The van der Waals surface area contributed by atoms with Crippen LogP contribution in [0.4, 0.5) is 0 Å². The lowest BCUT2D eigenvalue weighted by Gasteiger charge is -2.18. The molecule has 2 N–H and O–H groups in total. The van der Waals surface area contributed by atoms with Gasteiger partial charge in [-0.05, 0) is 31.0 Å². The summed E-state index contributed by atoms with van der Waals surface area (Å²) >= 11 is 0. The number of aliphatic carboxylic acids is 1. The minimum Gasteiger partial charge on any atom is -0.496 e. The van der Waals surface area contributed by atoms with Crippen molar-refractivity contribution in [3.63, 3.8) is 0 Å². The molecule has 0 radical (unpaired) electrons. The van der Waals surface area contributed by atoms with Crippen LogP contribution >= 0.6 is 0 Å². The zero-order valence-corrected chi connectivity index (χ0v) is 19.2. The monoisotopic (exact) mass is 451 g/mol. The Morgan fingerprint density at radius 1 is 1.15 bits per heavy atom. The molecule has 1 heterocycles. The predicted molar refractivity (Wildman–Crippen MR) is 124 cm³/mol. The van der Waals surface area contributed by atoms with Crippen molar-refractivity contribution in [1.82, 2.24) is 14.9 Å². The number of carboxylic acid groups (broad SMARTS) is 1. The molecular formula is C25H29N3O5. The van der Waals surface area contributed by atoms with Crippen LogP contribution in [0.15, 0.2) is 54.7 Å². The van der Waals surface area contributed by atoms with Gasteiger partial charge in [0.25, 0.3) is 5.91 Å². The molecule has 0 bridgehead atoms. The molecule has 8 heteroatoms. The Labute approximate surface area is 193 Å². The zero-order chi connectivity index (χ0) is 24.0. The largest absolute Gasteiger partial charge is 0.496 e. The number of carboxylic acids is 1. The molecule has 1 amide bonds. The SMILES string of the molecule is COc1ccc(CC(OC(C)C)C(=O)O)cc1CNC(=O)c1ncc(-c2ccccc2)n1C. The molecule has 0 aliphatic rings. The van der Waals surface area contributed by atoms with E-state index in [0.29, 0.717) is 11.6 Å². The molecule has 0 aliphatic heterocycles. The first-order chi connectivity index (χ1) is 15.8. The maximum atomic E-state index is 12.8. The Morgan fingerprint density at radius 3 is 2.52 bits per heavy atom. The van der Waals surface area contributed by atoms with Crippen molar-refractivity contribution in [2.75, 3.05) is 7.11 Å². The van der Waals surface area contributed by atoms with E-state index >= 15 is 0 Å². The van der Waals surface area contributed by atoms with Gasteiger partial charge in [-0.15, -0.1) is 0 Å². The highest BCUT2D eigenvalue weighted by atomic mass is 16.5. The van der Waals surface area contributed by atoms with Gasteiger partial charge in [-0.1, -0.05) is 42.5 Å². The number of amides is 1. The van der Waals surface area contributed by atoms with E-state index in [0.717, 1.165) is 22.4 Å². The molecule has 1 unspecified atom stereocenters. The van der Waals surface area contributed by atoms with Gasteiger partial charge >= 0.3 is 5.97 Å². The van der Waals surface area contributed by atoms with Gasteiger partial charge in [0, 0.05) is 25.6 Å². The maximum Gasteiger partial charge on any atom is 0.333 e. The lowest BCUT2D eigenvalue weighted by Crippen LogP contribution is -2.29. The number of imidazole rings is 1. The number of rotatable bonds is 10. The topological polar surface area (TPSA) is 103 Å². The maximum absolute atomic E-state index is 12.8. The number of hydrogen-bond acceptors (Lipinski definition) is 5. The second kappa shape index (κ2) is 10.8. The van der Waals surface area contributed by atoms with Crippen LogP contribution in [0.5, 0.6) is 5.75 Å². The number of nitrogens with zero attached hydrogens (tertiary/aromatic N) is 2. The van der Waals surface area contributed by atoms with E-state index in [1.807, 2.05) is 36.4 Å². The van der Waals surface area contributed by atoms with Crippen molar-refractivity contribution >= 4 is 11.9 Å². The lowest BCUT2D eigenvalue weighted by atomic mass is 10.0. The Balaban J connectivity index is 1.74. The van der Waals surface area contributed by atoms with Crippen LogP contribution in [-0.4, -0.2) is 45.9 Å². The number of carbonyl (C=O) groups excluding carboxylic acids is 1. The molecule has 3 rings (SSSR count). The first-order valence-electron chi connectivity index (χ1n) is 10.7. The summed E-state index contributed by atoms with van der Waals surface area (Å²) in [6, 6.07) is 15.1. The Kier molecular flexibility index (Phi) is 7.84. The van der Waals surface area contributed by atoms with E-state index in [-0.39, 0.29) is 25.0 Å². The quantitative estimate of drug-likeness (QED) is 0.490. The molecule has 1 aromatic heterocycles. The van der Waals surface area contributed by atoms with Gasteiger partial charge in [0.05, 0.1) is 25.1 Å². The van der Waals surface area contributed by atoms with E-state index in [9.17, 15) is 14.7 Å². The van der Waals surface area contributed by atoms with Gasteiger partial charge in [0.15, 0.2) is 11.9 Å². The van der Waals surface area contributed by atoms with E-state index in [2.05, 4.69) is 10.3 Å². The third-order valence-electron chi connectivity index (χ3n) is 5.18. The normalized spacial score (nSPS) is 11.9. The van der Waals surface area contributed by atoms with Crippen molar-refractivity contribution in [3.05, 3.63) is 71.7 Å². The molecule has 8 nitrogen and oxygen atoms in total. The third-order valence-corrected chi connectivity index (χ3v) is 5.18. The van der Waals surface area contributed by atoms with Gasteiger partial charge in [0.1, 0.15) is 5.75 Å². The van der Waals surface area contributed by atoms with Gasteiger partial charge in [-0.3, -0.25) is 4.79 Å². The summed E-state index contributed by atoms with van der Waals surface area (Å²) in [4.78, 5) is 28.7. The van der Waals surface area contributed by atoms with Crippen LogP contribution in [0, 0.1) is 0 Å². The molecule has 2 aromatic carbocycles. The Morgan fingerprint density at radius 2 is 1.88 bits per heavy atom. The number of methoxy groups -OCH3 is 1. The van der Waals surface area contributed by atoms with E-state index in [4.69, 9.17) is 9.47 Å². The fraction of sp³-hybridized carbons (Fsp3) is 0.320. The number of benzene rings is 2. The third kappa shape index (κ3) is 5.98. The van der Waals surface area contributed by atoms with Crippen LogP contribution in [0.2, 0.25) is 0 Å². The summed E-state index contributed by atoms with van der Waals surface area (Å²) in [5, 5.41) is 12.3. The molecule has 174 valence electrons. The molecule has 0 spiro atoms. The summed E-state index contributed by atoms with van der Waals surface area (Å²) in [6.07, 6.45) is 0.719. The van der Waals surface area contributed by atoms with E-state index in [1.54, 1.807) is 50.9 Å². The van der Waals surface area contributed by atoms with Crippen LogP contribution in [0.3, 0.4) is 0 Å². The van der Waals surface area contributed by atoms with Crippen molar-refractivity contribution in [3.8, 4) is 17.0 Å². The summed E-state index contributed by atoms with van der Waals surface area (Å²) in [6.45, 7) is 3.80. The standard InChI is InChI=1S/C25H29N3O5/c1-16(2)33-22(25(30)31)13-17-10-11-21(32-4)19(12-17)14-27-24(29)23-26-15-20(28(23)3)18-8-6-5-7-9-18/h5-12,15-16,22H,13-14H2,1-4H3,(H,27,29)(H,30,31). The van der Waals surface area contributed by atoms with Crippen molar-refractivity contribution in [2.45, 2.75) is 39.0 Å². The minimum atomic E-state index is -1.02. The number of ether oxygens (including phenoxy) is 2. The molecule has 0 saturated carbocycles. The van der Waals surface area contributed by atoms with Gasteiger partial charge in [-0.25, -0.2) is 9.78 Å². The highest BCUT2D eigenvalue weighted by Gasteiger charge is 2.21. The highest BCUT2D eigenvalue weighted by molar-refractivity contribution is 5.91. The smallest absolute Gasteiger partial charge is 0.333 e. The Hall–Kier alpha value is -3.65. The molecule has 0 fully saturated rings. The summed E-state index contributed by atoms with van der Waals surface area (Å²) in [5.41, 5.74) is 3.31. The average Bonchev–Trinajstić information content (AvgIpc) is 3.18. The van der Waals surface area contributed by atoms with Crippen LogP contribution in [-0.2, 0) is 29.5 Å². The fourth-order valence-electron chi connectivity index (χ4n) is 3.59. The fourth-order valence-corrected chi connectivity index (χ4v) is 3.59. The first kappa shape index (κ1) is 24.0. The average molecular weight is 452 g/mol. The molecule has 0 aliphatic carbocycles. The first-order valence-corrected chi connectivity index (χ1v) is 10.7. The molecule has 33 heavy (non-hydrogen) atoms. The minimum absolute atomic E-state index is 0.201. The predicted octanol–water partition coefficient (Wildman–Crippen LogP) is 3.45. The summed E-state index contributed by atoms with van der Waals surface area (Å²) in [5.74, 6) is -0.446. The number of aromatic nitrogens is 2. The van der Waals surface area contributed by atoms with Crippen molar-refractivity contribution in [2.24, 2.45) is 7.05 Å². The second-order valence-electron chi connectivity index (χ2n) is 7.94. The molecule has 1 atom stereocenters.